The van der Waals surface area contributed by atoms with Crippen molar-refractivity contribution in [2.24, 2.45) is 0 Å². The third-order valence-electron chi connectivity index (χ3n) is 3.23. The van der Waals surface area contributed by atoms with Crippen LogP contribution >= 0.6 is 0 Å². The van der Waals surface area contributed by atoms with Gasteiger partial charge in [0.25, 0.3) is 5.56 Å². The minimum absolute atomic E-state index is 0.0535. The lowest BCUT2D eigenvalue weighted by Crippen LogP contribution is -2.27. The van der Waals surface area contributed by atoms with Crippen molar-refractivity contribution in [3.8, 4) is 0 Å². The Morgan fingerprint density at radius 2 is 2.15 bits per heavy atom. The molecule has 108 valence electrons. The van der Waals surface area contributed by atoms with Crippen LogP contribution < -0.4 is 10.5 Å². The molecule has 0 amide bonds. The Bertz CT molecular complexity index is 559. The summed E-state index contributed by atoms with van der Waals surface area (Å²) in [6.45, 7) is 7.60. The van der Waals surface area contributed by atoms with Gasteiger partial charge in [0.1, 0.15) is 0 Å². The molecule has 1 fully saturated rings. The van der Waals surface area contributed by atoms with Crippen molar-refractivity contribution in [1.29, 1.82) is 0 Å². The smallest absolute Gasteiger partial charge is 0.335 e. The number of carbonyl (C=O) groups excluding carboxylic acids is 1. The Balaban J connectivity index is 2.08. The molecule has 6 nitrogen and oxygen atoms in total. The zero-order valence-corrected chi connectivity index (χ0v) is 11.7. The van der Waals surface area contributed by atoms with Crippen LogP contribution in [0.5, 0.6) is 0 Å². The summed E-state index contributed by atoms with van der Waals surface area (Å²) in [4.78, 5) is 25.6. The third-order valence-corrected chi connectivity index (χ3v) is 3.23. The predicted octanol–water partition coefficient (Wildman–Crippen LogP) is 0.963. The van der Waals surface area contributed by atoms with E-state index in [1.165, 1.54) is 4.68 Å². The van der Waals surface area contributed by atoms with Crippen LogP contribution in [0.1, 0.15) is 19.8 Å². The van der Waals surface area contributed by atoms with E-state index in [1.807, 2.05) is 0 Å². The standard InChI is InChI=1S/C14H19N3O3/c1-3-20-14(19)11(2)10-17-13(18)8-12(9-15-17)16-6-4-5-7-16/h8-9H,2-7,10H2,1H3. The first-order chi connectivity index (χ1) is 9.61. The Hall–Kier alpha value is -2.11. The van der Waals surface area contributed by atoms with Crippen LogP contribution in [-0.2, 0) is 16.1 Å². The van der Waals surface area contributed by atoms with Gasteiger partial charge in [-0.2, -0.15) is 5.10 Å². The highest BCUT2D eigenvalue weighted by atomic mass is 16.5. The second-order valence-corrected chi connectivity index (χ2v) is 4.73. The zero-order chi connectivity index (χ0) is 14.5. The van der Waals surface area contributed by atoms with Crippen molar-refractivity contribution in [1.82, 2.24) is 9.78 Å². The molecule has 1 saturated heterocycles. The monoisotopic (exact) mass is 277 g/mol. The van der Waals surface area contributed by atoms with Gasteiger partial charge in [-0.15, -0.1) is 0 Å². The summed E-state index contributed by atoms with van der Waals surface area (Å²) >= 11 is 0. The van der Waals surface area contributed by atoms with E-state index in [-0.39, 0.29) is 24.3 Å². The third kappa shape index (κ3) is 3.26. The van der Waals surface area contributed by atoms with E-state index in [9.17, 15) is 9.59 Å². The number of aromatic nitrogens is 2. The van der Waals surface area contributed by atoms with Gasteiger partial charge >= 0.3 is 5.97 Å². The normalized spacial score (nSPS) is 14.3. The Morgan fingerprint density at radius 3 is 2.75 bits per heavy atom. The minimum atomic E-state index is -0.496. The maximum atomic E-state index is 12.0. The molecule has 1 aliphatic heterocycles. The number of anilines is 1. The highest BCUT2D eigenvalue weighted by Crippen LogP contribution is 2.16. The van der Waals surface area contributed by atoms with Gasteiger partial charge in [-0.3, -0.25) is 4.79 Å². The molecule has 0 radical (unpaired) electrons. The Morgan fingerprint density at radius 1 is 1.45 bits per heavy atom. The van der Waals surface area contributed by atoms with Gasteiger partial charge in [0, 0.05) is 19.2 Å². The van der Waals surface area contributed by atoms with Crippen molar-refractivity contribution in [3.63, 3.8) is 0 Å². The summed E-state index contributed by atoms with van der Waals surface area (Å²) < 4.78 is 6.05. The van der Waals surface area contributed by atoms with Crippen LogP contribution in [0.3, 0.4) is 0 Å². The maximum Gasteiger partial charge on any atom is 0.335 e. The molecule has 0 spiro atoms. The molecule has 0 unspecified atom stereocenters. The molecule has 1 aliphatic rings. The van der Waals surface area contributed by atoms with Gasteiger partial charge in [0.05, 0.1) is 30.6 Å². The van der Waals surface area contributed by atoms with Crippen molar-refractivity contribution in [2.45, 2.75) is 26.3 Å². The van der Waals surface area contributed by atoms with Crippen molar-refractivity contribution >= 4 is 11.7 Å². The number of rotatable bonds is 5. The number of ether oxygens (including phenoxy) is 1. The van der Waals surface area contributed by atoms with Gasteiger partial charge < -0.3 is 9.64 Å². The van der Waals surface area contributed by atoms with Crippen LogP contribution in [0.2, 0.25) is 0 Å². The summed E-state index contributed by atoms with van der Waals surface area (Å²) in [6.07, 6.45) is 3.94. The molecule has 20 heavy (non-hydrogen) atoms. The zero-order valence-electron chi connectivity index (χ0n) is 11.7. The first-order valence-corrected chi connectivity index (χ1v) is 6.79. The first kappa shape index (κ1) is 14.3. The van der Waals surface area contributed by atoms with Crippen LogP contribution in [-0.4, -0.2) is 35.4 Å². The Kier molecular flexibility index (Phi) is 4.55. The predicted molar refractivity (Wildman–Crippen MR) is 75.7 cm³/mol. The molecule has 0 bridgehead atoms. The average Bonchev–Trinajstić information content (AvgIpc) is 2.95. The molecule has 1 aromatic heterocycles. The number of hydrogen-bond donors (Lipinski definition) is 0. The summed E-state index contributed by atoms with van der Waals surface area (Å²) in [7, 11) is 0. The summed E-state index contributed by atoms with van der Waals surface area (Å²) in [6, 6.07) is 1.55. The summed E-state index contributed by atoms with van der Waals surface area (Å²) in [5.41, 5.74) is 0.820. The summed E-state index contributed by atoms with van der Waals surface area (Å²) in [5.74, 6) is -0.496. The lowest BCUT2D eigenvalue weighted by atomic mass is 10.3. The Labute approximate surface area is 117 Å². The van der Waals surface area contributed by atoms with E-state index in [2.05, 4.69) is 16.6 Å². The van der Waals surface area contributed by atoms with Crippen LogP contribution in [0.4, 0.5) is 5.69 Å². The highest BCUT2D eigenvalue weighted by molar-refractivity contribution is 5.87. The molecule has 0 aromatic carbocycles. The molecule has 0 saturated carbocycles. The van der Waals surface area contributed by atoms with Gasteiger partial charge in [-0.05, 0) is 19.8 Å². The summed E-state index contributed by atoms with van der Waals surface area (Å²) in [5, 5.41) is 4.10. The van der Waals surface area contributed by atoms with Crippen molar-refractivity contribution in [2.75, 3.05) is 24.6 Å². The molecular weight excluding hydrogens is 258 g/mol. The minimum Gasteiger partial charge on any atom is -0.463 e. The fourth-order valence-corrected chi connectivity index (χ4v) is 2.17. The van der Waals surface area contributed by atoms with Crippen molar-refractivity contribution < 1.29 is 9.53 Å². The lowest BCUT2D eigenvalue weighted by Gasteiger charge is -2.17. The van der Waals surface area contributed by atoms with E-state index in [1.54, 1.807) is 19.2 Å². The molecular formula is C14H19N3O3. The van der Waals surface area contributed by atoms with Gasteiger partial charge in [-0.25, -0.2) is 9.48 Å². The number of hydrogen-bond acceptors (Lipinski definition) is 5. The van der Waals surface area contributed by atoms with E-state index in [4.69, 9.17) is 4.74 Å². The molecule has 1 aromatic rings. The maximum absolute atomic E-state index is 12.0. The van der Waals surface area contributed by atoms with Crippen LogP contribution in [0.25, 0.3) is 0 Å². The average molecular weight is 277 g/mol. The highest BCUT2D eigenvalue weighted by Gasteiger charge is 2.15. The number of esters is 1. The second kappa shape index (κ2) is 6.36. The SMILES string of the molecule is C=C(Cn1ncc(N2CCCC2)cc1=O)C(=O)OCC. The second-order valence-electron chi connectivity index (χ2n) is 4.73. The fraction of sp³-hybridized carbons (Fsp3) is 0.500. The fourth-order valence-electron chi connectivity index (χ4n) is 2.17. The van der Waals surface area contributed by atoms with Gasteiger partial charge in [0.15, 0.2) is 0 Å². The largest absolute Gasteiger partial charge is 0.463 e. The van der Waals surface area contributed by atoms with Crippen LogP contribution in [0, 0.1) is 0 Å². The quantitative estimate of drug-likeness (QED) is 0.592. The first-order valence-electron chi connectivity index (χ1n) is 6.79. The topological polar surface area (TPSA) is 64.4 Å². The van der Waals surface area contributed by atoms with E-state index in [0.717, 1.165) is 31.6 Å². The molecule has 2 heterocycles. The number of carbonyl (C=O) groups is 1. The van der Waals surface area contributed by atoms with Gasteiger partial charge in [0.2, 0.25) is 0 Å². The van der Waals surface area contributed by atoms with Gasteiger partial charge in [-0.1, -0.05) is 6.58 Å². The van der Waals surface area contributed by atoms with E-state index >= 15 is 0 Å². The van der Waals surface area contributed by atoms with Crippen LogP contribution in [0.15, 0.2) is 29.2 Å². The van der Waals surface area contributed by atoms with Crippen molar-refractivity contribution in [3.05, 3.63) is 34.8 Å². The van der Waals surface area contributed by atoms with E-state index < -0.39 is 5.97 Å². The van der Waals surface area contributed by atoms with E-state index in [0.29, 0.717) is 0 Å². The molecule has 2 rings (SSSR count). The molecule has 6 heteroatoms. The molecule has 0 aliphatic carbocycles. The molecule has 0 atom stereocenters. The lowest BCUT2D eigenvalue weighted by molar-refractivity contribution is -0.138. The number of nitrogens with zero attached hydrogens (tertiary/aromatic N) is 3. The molecule has 0 N–H and O–H groups in total.